The van der Waals surface area contributed by atoms with Crippen molar-refractivity contribution >= 4 is 56.8 Å². The van der Waals surface area contributed by atoms with E-state index < -0.39 is 11.8 Å². The lowest BCUT2D eigenvalue weighted by atomic mass is 10.1. The van der Waals surface area contributed by atoms with Gasteiger partial charge in [0.1, 0.15) is 11.3 Å². The first-order chi connectivity index (χ1) is 12.5. The molecule has 0 saturated carbocycles. The van der Waals surface area contributed by atoms with Crippen molar-refractivity contribution < 1.29 is 14.3 Å². The zero-order valence-electron chi connectivity index (χ0n) is 13.9. The van der Waals surface area contributed by atoms with Gasteiger partial charge in [0.15, 0.2) is 5.11 Å². The summed E-state index contributed by atoms with van der Waals surface area (Å²) >= 11 is 8.56. The van der Waals surface area contributed by atoms with Gasteiger partial charge in [-0.1, -0.05) is 34.1 Å². The number of thiocarbonyl (C=S) groups is 1. The number of amides is 2. The number of ether oxygens (including phenoxy) is 1. The molecule has 132 valence electrons. The van der Waals surface area contributed by atoms with Crippen molar-refractivity contribution in [1.29, 1.82) is 0 Å². The van der Waals surface area contributed by atoms with Gasteiger partial charge >= 0.3 is 0 Å². The molecule has 0 aliphatic carbocycles. The van der Waals surface area contributed by atoms with Crippen molar-refractivity contribution in [3.63, 3.8) is 0 Å². The molecule has 1 fully saturated rings. The molecule has 3 rings (SSSR count). The molecular weight excluding hydrogens is 416 g/mol. The van der Waals surface area contributed by atoms with E-state index >= 15 is 0 Å². The van der Waals surface area contributed by atoms with Gasteiger partial charge in [-0.15, -0.1) is 0 Å². The number of carbonyl (C=O) groups excluding carboxylic acids is 2. The highest BCUT2D eigenvalue weighted by Crippen LogP contribution is 2.26. The molecule has 7 heteroatoms. The number of nitrogens with one attached hydrogen (secondary N) is 1. The molecule has 0 bridgehead atoms. The Kier molecular flexibility index (Phi) is 5.49. The third kappa shape index (κ3) is 3.84. The Morgan fingerprint density at radius 1 is 1.19 bits per heavy atom. The predicted octanol–water partition coefficient (Wildman–Crippen LogP) is 3.68. The van der Waals surface area contributed by atoms with Gasteiger partial charge in [0.05, 0.1) is 12.3 Å². The number of hydrogen-bond donors (Lipinski definition) is 1. The van der Waals surface area contributed by atoms with E-state index in [-0.39, 0.29) is 10.7 Å². The topological polar surface area (TPSA) is 58.6 Å². The van der Waals surface area contributed by atoms with E-state index in [1.54, 1.807) is 30.3 Å². The summed E-state index contributed by atoms with van der Waals surface area (Å²) < 4.78 is 6.39. The Labute approximate surface area is 164 Å². The van der Waals surface area contributed by atoms with Crippen LogP contribution >= 0.6 is 28.1 Å². The van der Waals surface area contributed by atoms with Crippen LogP contribution in [0.3, 0.4) is 0 Å². The molecular formula is C19H15BrN2O3S. The Balaban J connectivity index is 1.98. The second-order valence-corrected chi connectivity index (χ2v) is 6.74. The molecule has 0 atom stereocenters. The van der Waals surface area contributed by atoms with Crippen molar-refractivity contribution in [3.8, 4) is 5.75 Å². The summed E-state index contributed by atoms with van der Waals surface area (Å²) in [5.41, 5.74) is 1.29. The molecule has 0 aromatic heterocycles. The minimum atomic E-state index is -0.514. The molecule has 2 amide bonds. The third-order valence-corrected chi connectivity index (χ3v) is 4.48. The van der Waals surface area contributed by atoms with Crippen molar-refractivity contribution in [3.05, 3.63) is 64.1 Å². The van der Waals surface area contributed by atoms with Gasteiger partial charge in [0.2, 0.25) is 0 Å². The summed E-state index contributed by atoms with van der Waals surface area (Å²) in [7, 11) is 0. The lowest BCUT2D eigenvalue weighted by Crippen LogP contribution is -2.54. The molecule has 1 heterocycles. The Morgan fingerprint density at radius 3 is 2.62 bits per heavy atom. The number of rotatable bonds is 4. The summed E-state index contributed by atoms with van der Waals surface area (Å²) in [6, 6.07) is 14.3. The van der Waals surface area contributed by atoms with E-state index in [2.05, 4.69) is 21.2 Å². The van der Waals surface area contributed by atoms with Crippen molar-refractivity contribution in [2.75, 3.05) is 11.5 Å². The first-order valence-corrected chi connectivity index (χ1v) is 9.09. The van der Waals surface area contributed by atoms with Gasteiger partial charge in [0, 0.05) is 10.5 Å². The molecule has 1 aliphatic heterocycles. The van der Waals surface area contributed by atoms with Crippen molar-refractivity contribution in [2.24, 2.45) is 0 Å². The molecule has 1 N–H and O–H groups in total. The van der Waals surface area contributed by atoms with Crippen LogP contribution in [-0.2, 0) is 9.59 Å². The van der Waals surface area contributed by atoms with E-state index in [4.69, 9.17) is 17.0 Å². The van der Waals surface area contributed by atoms with E-state index in [0.717, 1.165) is 10.0 Å². The van der Waals surface area contributed by atoms with Gasteiger partial charge in [-0.2, -0.15) is 0 Å². The summed E-state index contributed by atoms with van der Waals surface area (Å²) in [6.45, 7) is 2.38. The fourth-order valence-corrected chi connectivity index (χ4v) is 3.04. The summed E-state index contributed by atoms with van der Waals surface area (Å²) in [5, 5.41) is 2.61. The van der Waals surface area contributed by atoms with Crippen LogP contribution in [0.4, 0.5) is 5.69 Å². The Hall–Kier alpha value is -2.51. The molecule has 0 unspecified atom stereocenters. The van der Waals surface area contributed by atoms with Gasteiger partial charge in [0.25, 0.3) is 11.8 Å². The number of benzene rings is 2. The highest BCUT2D eigenvalue weighted by Gasteiger charge is 2.34. The van der Waals surface area contributed by atoms with E-state index in [9.17, 15) is 9.59 Å². The highest BCUT2D eigenvalue weighted by atomic mass is 79.9. The fourth-order valence-electron chi connectivity index (χ4n) is 2.50. The molecule has 26 heavy (non-hydrogen) atoms. The van der Waals surface area contributed by atoms with Crippen LogP contribution in [0.1, 0.15) is 12.5 Å². The maximum absolute atomic E-state index is 12.9. The summed E-state index contributed by atoms with van der Waals surface area (Å²) in [6.07, 6.45) is 1.55. The number of nitrogens with zero attached hydrogens (tertiary/aromatic N) is 1. The van der Waals surface area contributed by atoms with Gasteiger partial charge in [-0.25, -0.2) is 0 Å². The average Bonchev–Trinajstić information content (AvgIpc) is 2.61. The largest absolute Gasteiger partial charge is 0.494 e. The molecule has 5 nitrogen and oxygen atoms in total. The minimum Gasteiger partial charge on any atom is -0.494 e. The van der Waals surface area contributed by atoms with Crippen LogP contribution in [-0.4, -0.2) is 23.5 Å². The number of carbonyl (C=O) groups is 2. The number of anilines is 1. The predicted molar refractivity (Wildman–Crippen MR) is 108 cm³/mol. The summed E-state index contributed by atoms with van der Waals surface area (Å²) in [4.78, 5) is 26.5. The lowest BCUT2D eigenvalue weighted by molar-refractivity contribution is -0.122. The van der Waals surface area contributed by atoms with Gasteiger partial charge < -0.3 is 4.74 Å². The molecule has 0 radical (unpaired) electrons. The van der Waals surface area contributed by atoms with Crippen molar-refractivity contribution in [2.45, 2.75) is 6.92 Å². The first kappa shape index (κ1) is 18.3. The lowest BCUT2D eigenvalue weighted by Gasteiger charge is -2.29. The Bertz CT molecular complexity index is 909. The normalized spacial score (nSPS) is 16.0. The molecule has 1 aliphatic rings. The van der Waals surface area contributed by atoms with Gasteiger partial charge in [-0.3, -0.25) is 19.8 Å². The van der Waals surface area contributed by atoms with Crippen LogP contribution in [0.15, 0.2) is 58.6 Å². The van der Waals surface area contributed by atoms with Gasteiger partial charge in [-0.05, 0) is 55.0 Å². The Morgan fingerprint density at radius 2 is 1.92 bits per heavy atom. The van der Waals surface area contributed by atoms with Crippen LogP contribution in [0.5, 0.6) is 5.75 Å². The van der Waals surface area contributed by atoms with E-state index in [1.807, 2.05) is 31.2 Å². The molecule has 0 spiro atoms. The van der Waals surface area contributed by atoms with E-state index in [0.29, 0.717) is 18.0 Å². The maximum atomic E-state index is 12.9. The third-order valence-electron chi connectivity index (χ3n) is 3.67. The standard InChI is InChI=1S/C19H15BrN2O3S/c1-2-25-15-5-3-4-14(11-15)22-18(24)16(17(23)21-19(22)26)10-12-6-8-13(20)9-7-12/h3-11H,2H2,1H3,(H,21,23,26)/b16-10-. The molecule has 1 saturated heterocycles. The monoisotopic (exact) mass is 430 g/mol. The zero-order chi connectivity index (χ0) is 18.7. The number of hydrogen-bond acceptors (Lipinski definition) is 4. The second kappa shape index (κ2) is 7.80. The van der Waals surface area contributed by atoms with Crippen LogP contribution < -0.4 is 15.0 Å². The number of halogens is 1. The molecule has 2 aromatic rings. The van der Waals surface area contributed by atoms with Crippen LogP contribution in [0, 0.1) is 0 Å². The fraction of sp³-hybridized carbons (Fsp3) is 0.105. The van der Waals surface area contributed by atoms with Crippen molar-refractivity contribution in [1.82, 2.24) is 5.32 Å². The van der Waals surface area contributed by atoms with E-state index in [1.165, 1.54) is 4.90 Å². The summed E-state index contributed by atoms with van der Waals surface area (Å²) in [5.74, 6) is -0.369. The molecule has 2 aromatic carbocycles. The van der Waals surface area contributed by atoms with Crippen LogP contribution in [0.25, 0.3) is 6.08 Å². The highest BCUT2D eigenvalue weighted by molar-refractivity contribution is 9.10. The first-order valence-electron chi connectivity index (χ1n) is 7.89. The quantitative estimate of drug-likeness (QED) is 0.456. The maximum Gasteiger partial charge on any atom is 0.270 e. The SMILES string of the molecule is CCOc1cccc(N2C(=O)/C(=C\c3ccc(Br)cc3)C(=O)NC2=S)c1. The second-order valence-electron chi connectivity index (χ2n) is 5.44. The smallest absolute Gasteiger partial charge is 0.270 e. The van der Waals surface area contributed by atoms with Crippen LogP contribution in [0.2, 0.25) is 0 Å². The zero-order valence-corrected chi connectivity index (χ0v) is 16.3. The minimum absolute atomic E-state index is 0.0164. The average molecular weight is 431 g/mol.